The average Bonchev–Trinajstić information content (AvgIpc) is 2.68. The average molecular weight is 400 g/mol. The van der Waals surface area contributed by atoms with Gasteiger partial charge in [-0.2, -0.15) is 13.2 Å². The van der Waals surface area contributed by atoms with Gasteiger partial charge < -0.3 is 20.3 Å². The summed E-state index contributed by atoms with van der Waals surface area (Å²) in [6, 6.07) is 3.93. The van der Waals surface area contributed by atoms with E-state index in [0.717, 1.165) is 18.9 Å². The molecule has 1 aliphatic rings. The largest absolute Gasteiger partial charge is 0.497 e. The SMILES string of the molecule is CN=C(NCc1ccc(OC)cc1C(F)(F)F)N1CCC(CC(=O)NC)CC1. The van der Waals surface area contributed by atoms with Crippen LogP contribution in [0.15, 0.2) is 23.2 Å². The highest BCUT2D eigenvalue weighted by Gasteiger charge is 2.34. The Bertz CT molecular complexity index is 699. The third-order valence-electron chi connectivity index (χ3n) is 4.94. The number of guanidine groups is 1. The summed E-state index contributed by atoms with van der Waals surface area (Å²) in [5.41, 5.74) is -0.594. The molecule has 0 atom stereocenters. The van der Waals surface area contributed by atoms with E-state index in [1.54, 1.807) is 14.1 Å². The first-order valence-corrected chi connectivity index (χ1v) is 9.18. The van der Waals surface area contributed by atoms with E-state index in [0.29, 0.717) is 31.4 Å². The lowest BCUT2D eigenvalue weighted by atomic mass is 9.93. The second-order valence-electron chi connectivity index (χ2n) is 6.73. The molecular weight excluding hydrogens is 373 g/mol. The topological polar surface area (TPSA) is 66.0 Å². The maximum Gasteiger partial charge on any atom is 0.416 e. The van der Waals surface area contributed by atoms with Crippen LogP contribution < -0.4 is 15.4 Å². The van der Waals surface area contributed by atoms with Gasteiger partial charge in [-0.3, -0.25) is 9.79 Å². The smallest absolute Gasteiger partial charge is 0.416 e. The molecule has 2 rings (SSSR count). The Hall–Kier alpha value is -2.45. The fraction of sp³-hybridized carbons (Fsp3) is 0.579. The molecule has 0 aliphatic carbocycles. The fourth-order valence-electron chi connectivity index (χ4n) is 3.32. The van der Waals surface area contributed by atoms with E-state index in [-0.39, 0.29) is 23.8 Å². The van der Waals surface area contributed by atoms with Crippen molar-refractivity contribution >= 4 is 11.9 Å². The number of nitrogens with one attached hydrogen (secondary N) is 2. The molecule has 1 aromatic carbocycles. The van der Waals surface area contributed by atoms with E-state index in [4.69, 9.17) is 4.74 Å². The maximum atomic E-state index is 13.3. The van der Waals surface area contributed by atoms with Crippen LogP contribution in [-0.2, 0) is 17.5 Å². The second-order valence-corrected chi connectivity index (χ2v) is 6.73. The molecular formula is C19H27F3N4O2. The van der Waals surface area contributed by atoms with Crippen LogP contribution in [0.4, 0.5) is 13.2 Å². The number of aliphatic imine (C=N–C) groups is 1. The van der Waals surface area contributed by atoms with Crippen molar-refractivity contribution < 1.29 is 22.7 Å². The molecule has 156 valence electrons. The van der Waals surface area contributed by atoms with Crippen LogP contribution in [0.3, 0.4) is 0 Å². The van der Waals surface area contributed by atoms with Crippen molar-refractivity contribution in [2.24, 2.45) is 10.9 Å². The first-order valence-electron chi connectivity index (χ1n) is 9.18. The van der Waals surface area contributed by atoms with Gasteiger partial charge in [0.15, 0.2) is 5.96 Å². The summed E-state index contributed by atoms with van der Waals surface area (Å²) in [4.78, 5) is 17.7. The van der Waals surface area contributed by atoms with Gasteiger partial charge in [-0.1, -0.05) is 6.07 Å². The third kappa shape index (κ3) is 5.77. The summed E-state index contributed by atoms with van der Waals surface area (Å²) in [6.07, 6.45) is -2.29. The minimum absolute atomic E-state index is 0.00365. The number of carbonyl (C=O) groups is 1. The predicted molar refractivity (Wildman–Crippen MR) is 101 cm³/mol. The predicted octanol–water partition coefficient (Wildman–Crippen LogP) is 2.64. The van der Waals surface area contributed by atoms with Crippen LogP contribution in [-0.4, -0.2) is 51.1 Å². The molecule has 1 heterocycles. The molecule has 0 bridgehead atoms. The molecule has 2 N–H and O–H groups in total. The maximum absolute atomic E-state index is 13.3. The molecule has 6 nitrogen and oxygen atoms in total. The molecule has 1 saturated heterocycles. The van der Waals surface area contributed by atoms with Crippen LogP contribution in [0.25, 0.3) is 0 Å². The number of nitrogens with zero attached hydrogens (tertiary/aromatic N) is 2. The molecule has 0 unspecified atom stereocenters. The lowest BCUT2D eigenvalue weighted by Gasteiger charge is -2.34. The van der Waals surface area contributed by atoms with Gasteiger partial charge in [-0.05, 0) is 36.5 Å². The van der Waals surface area contributed by atoms with E-state index >= 15 is 0 Å². The number of halogens is 3. The van der Waals surface area contributed by atoms with E-state index in [1.165, 1.54) is 19.2 Å². The summed E-state index contributed by atoms with van der Waals surface area (Å²) < 4.78 is 44.9. The first-order chi connectivity index (χ1) is 13.3. The van der Waals surface area contributed by atoms with Crippen molar-refractivity contribution in [2.45, 2.75) is 32.0 Å². The molecule has 0 radical (unpaired) electrons. The normalized spacial score (nSPS) is 16.1. The third-order valence-corrected chi connectivity index (χ3v) is 4.94. The highest BCUT2D eigenvalue weighted by atomic mass is 19.4. The van der Waals surface area contributed by atoms with Crippen molar-refractivity contribution in [1.82, 2.24) is 15.5 Å². The zero-order chi connectivity index (χ0) is 20.7. The van der Waals surface area contributed by atoms with Gasteiger partial charge in [-0.25, -0.2) is 0 Å². The van der Waals surface area contributed by atoms with Gasteiger partial charge in [0.25, 0.3) is 0 Å². The summed E-state index contributed by atoms with van der Waals surface area (Å²) in [5.74, 6) is 1.06. The number of alkyl halides is 3. The highest BCUT2D eigenvalue weighted by molar-refractivity contribution is 5.80. The monoisotopic (exact) mass is 400 g/mol. The standard InChI is InChI=1S/C19H27F3N4O2/c1-23-17(27)10-13-6-8-26(9-7-13)18(24-2)25-12-14-4-5-15(28-3)11-16(14)19(20,21)22/h4-5,11,13H,6-10,12H2,1-3H3,(H,23,27)(H,24,25). The number of hydrogen-bond acceptors (Lipinski definition) is 3. The van der Waals surface area contributed by atoms with Crippen molar-refractivity contribution in [3.63, 3.8) is 0 Å². The number of likely N-dealkylation sites (tertiary alicyclic amines) is 1. The minimum Gasteiger partial charge on any atom is -0.497 e. The lowest BCUT2D eigenvalue weighted by Crippen LogP contribution is -2.45. The minimum atomic E-state index is -4.47. The fourth-order valence-corrected chi connectivity index (χ4v) is 3.32. The van der Waals surface area contributed by atoms with Crippen LogP contribution in [0.1, 0.15) is 30.4 Å². The summed E-state index contributed by atoms with van der Waals surface area (Å²) in [7, 11) is 4.57. The van der Waals surface area contributed by atoms with Gasteiger partial charge in [0.05, 0.1) is 12.7 Å². The zero-order valence-electron chi connectivity index (χ0n) is 16.4. The van der Waals surface area contributed by atoms with Crippen LogP contribution in [0.2, 0.25) is 0 Å². The number of hydrogen-bond donors (Lipinski definition) is 2. The van der Waals surface area contributed by atoms with E-state index in [2.05, 4.69) is 15.6 Å². The Labute approximate surface area is 163 Å². The first kappa shape index (κ1) is 21.8. The quantitative estimate of drug-likeness (QED) is 0.589. The molecule has 0 aromatic heterocycles. The van der Waals surface area contributed by atoms with Gasteiger partial charge in [0.1, 0.15) is 5.75 Å². The van der Waals surface area contributed by atoms with Gasteiger partial charge >= 0.3 is 6.18 Å². The van der Waals surface area contributed by atoms with Crippen molar-refractivity contribution in [3.05, 3.63) is 29.3 Å². The number of benzene rings is 1. The van der Waals surface area contributed by atoms with Crippen LogP contribution in [0.5, 0.6) is 5.75 Å². The van der Waals surface area contributed by atoms with E-state index in [9.17, 15) is 18.0 Å². The number of carbonyl (C=O) groups excluding carboxylic acids is 1. The summed E-state index contributed by atoms with van der Waals surface area (Å²) >= 11 is 0. The number of amides is 1. The Morgan fingerprint density at radius 2 is 2.00 bits per heavy atom. The Balaban J connectivity index is 1.99. The molecule has 1 aliphatic heterocycles. The van der Waals surface area contributed by atoms with Gasteiger partial charge in [-0.15, -0.1) is 0 Å². The van der Waals surface area contributed by atoms with Crippen molar-refractivity contribution in [2.75, 3.05) is 34.3 Å². The molecule has 0 saturated carbocycles. The lowest BCUT2D eigenvalue weighted by molar-refractivity contribution is -0.138. The molecule has 1 fully saturated rings. The number of methoxy groups -OCH3 is 1. The molecule has 0 spiro atoms. The van der Waals surface area contributed by atoms with Crippen molar-refractivity contribution in [1.29, 1.82) is 0 Å². The molecule has 1 aromatic rings. The second kappa shape index (κ2) is 9.66. The van der Waals surface area contributed by atoms with E-state index in [1.807, 2.05) is 4.90 Å². The Morgan fingerprint density at radius 3 is 2.54 bits per heavy atom. The number of piperidine rings is 1. The molecule has 9 heteroatoms. The van der Waals surface area contributed by atoms with Crippen molar-refractivity contribution in [3.8, 4) is 5.75 Å². The molecule has 28 heavy (non-hydrogen) atoms. The Morgan fingerprint density at radius 1 is 1.32 bits per heavy atom. The van der Waals surface area contributed by atoms with Crippen LogP contribution in [0, 0.1) is 5.92 Å². The van der Waals surface area contributed by atoms with Gasteiger partial charge in [0, 0.05) is 40.2 Å². The Kier molecular flexibility index (Phi) is 7.53. The van der Waals surface area contributed by atoms with Gasteiger partial charge in [0.2, 0.25) is 5.91 Å². The summed E-state index contributed by atoms with van der Waals surface area (Å²) in [6.45, 7) is 1.41. The summed E-state index contributed by atoms with van der Waals surface area (Å²) in [5, 5.41) is 5.66. The van der Waals surface area contributed by atoms with Crippen LogP contribution >= 0.6 is 0 Å². The number of ether oxygens (including phenoxy) is 1. The highest BCUT2D eigenvalue weighted by Crippen LogP contribution is 2.34. The number of rotatable bonds is 5. The zero-order valence-corrected chi connectivity index (χ0v) is 16.4. The molecule has 1 amide bonds. The van der Waals surface area contributed by atoms with E-state index < -0.39 is 11.7 Å².